The summed E-state index contributed by atoms with van der Waals surface area (Å²) in [6, 6.07) is 21.9. The summed E-state index contributed by atoms with van der Waals surface area (Å²) in [4.78, 5) is 28.7. The Bertz CT molecular complexity index is 1350. The van der Waals surface area contributed by atoms with Crippen LogP contribution in [0.5, 0.6) is 5.75 Å². The highest BCUT2D eigenvalue weighted by molar-refractivity contribution is 7.92. The fourth-order valence-electron chi connectivity index (χ4n) is 4.06. The molecule has 10 heteroatoms. The van der Waals surface area contributed by atoms with Gasteiger partial charge in [-0.15, -0.1) is 0 Å². The first kappa shape index (κ1) is 29.0. The van der Waals surface area contributed by atoms with Crippen LogP contribution >= 0.6 is 11.6 Å². The predicted molar refractivity (Wildman–Crippen MR) is 150 cm³/mol. The minimum atomic E-state index is -3.86. The van der Waals surface area contributed by atoms with Gasteiger partial charge in [-0.2, -0.15) is 0 Å². The number of benzene rings is 3. The Morgan fingerprint density at radius 1 is 0.974 bits per heavy atom. The van der Waals surface area contributed by atoms with Gasteiger partial charge in [0.1, 0.15) is 18.3 Å². The first-order valence-corrected chi connectivity index (χ1v) is 14.3. The second-order valence-electron chi connectivity index (χ2n) is 8.72. The van der Waals surface area contributed by atoms with Crippen LogP contribution in [-0.2, 0) is 32.6 Å². The summed E-state index contributed by atoms with van der Waals surface area (Å²) in [5.74, 6) is -0.268. The second-order valence-corrected chi connectivity index (χ2v) is 11.1. The standard InChI is InChI=1S/C28H32ClN3O5S/c1-4-30-28(34)26(17-21-10-6-5-7-11-21)31(19-22-12-8-15-25(16-22)37-2)27(33)20-32(38(3,35)36)24-14-9-13-23(29)18-24/h5-16,18,26H,4,17,19-20H2,1-3H3,(H,30,34)/t26-/m0/s1. The van der Waals surface area contributed by atoms with Gasteiger partial charge < -0.3 is 15.0 Å². The number of sulfonamides is 1. The van der Waals surface area contributed by atoms with Crippen LogP contribution in [0.2, 0.25) is 5.02 Å². The molecule has 3 aromatic rings. The van der Waals surface area contributed by atoms with E-state index in [1.807, 2.05) is 36.4 Å². The number of hydrogen-bond donors (Lipinski definition) is 1. The van der Waals surface area contributed by atoms with Gasteiger partial charge >= 0.3 is 0 Å². The van der Waals surface area contributed by atoms with Crippen molar-refractivity contribution in [2.45, 2.75) is 25.9 Å². The zero-order valence-corrected chi connectivity index (χ0v) is 23.2. The molecule has 0 aromatic heterocycles. The number of halogens is 1. The predicted octanol–water partition coefficient (Wildman–Crippen LogP) is 3.89. The highest BCUT2D eigenvalue weighted by Gasteiger charge is 2.33. The Kier molecular flexibility index (Phi) is 10.2. The maximum atomic E-state index is 13.9. The van der Waals surface area contributed by atoms with Crippen LogP contribution in [0, 0.1) is 0 Å². The highest BCUT2D eigenvalue weighted by atomic mass is 35.5. The third-order valence-corrected chi connectivity index (χ3v) is 7.26. The molecule has 3 aromatic carbocycles. The van der Waals surface area contributed by atoms with E-state index in [-0.39, 0.29) is 24.6 Å². The van der Waals surface area contributed by atoms with Crippen LogP contribution in [0.3, 0.4) is 0 Å². The van der Waals surface area contributed by atoms with Gasteiger partial charge in [-0.1, -0.05) is 60.1 Å². The molecular weight excluding hydrogens is 526 g/mol. The maximum Gasteiger partial charge on any atom is 0.244 e. The van der Waals surface area contributed by atoms with E-state index in [0.29, 0.717) is 17.3 Å². The number of ether oxygens (including phenoxy) is 1. The Hall–Kier alpha value is -3.56. The first-order valence-electron chi connectivity index (χ1n) is 12.1. The lowest BCUT2D eigenvalue weighted by atomic mass is 10.0. The Balaban J connectivity index is 2.05. The van der Waals surface area contributed by atoms with Gasteiger partial charge in [0.2, 0.25) is 21.8 Å². The Morgan fingerprint density at radius 2 is 1.66 bits per heavy atom. The number of likely N-dealkylation sites (N-methyl/N-ethyl adjacent to an activating group) is 1. The minimum Gasteiger partial charge on any atom is -0.497 e. The van der Waals surface area contributed by atoms with Crippen LogP contribution in [0.1, 0.15) is 18.1 Å². The topological polar surface area (TPSA) is 96.0 Å². The van der Waals surface area contributed by atoms with Gasteiger partial charge in [0.05, 0.1) is 19.1 Å². The van der Waals surface area contributed by atoms with E-state index in [2.05, 4.69) is 5.32 Å². The molecule has 0 heterocycles. The number of methoxy groups -OCH3 is 1. The molecule has 1 N–H and O–H groups in total. The molecule has 0 fully saturated rings. The summed E-state index contributed by atoms with van der Waals surface area (Å²) < 4.78 is 31.8. The Morgan fingerprint density at radius 3 is 2.29 bits per heavy atom. The number of hydrogen-bond acceptors (Lipinski definition) is 5. The largest absolute Gasteiger partial charge is 0.497 e. The molecule has 0 saturated heterocycles. The quantitative estimate of drug-likeness (QED) is 0.364. The molecule has 0 radical (unpaired) electrons. The van der Waals surface area contributed by atoms with Crippen LogP contribution in [0.15, 0.2) is 78.9 Å². The van der Waals surface area contributed by atoms with Crippen LogP contribution in [-0.4, -0.2) is 57.6 Å². The van der Waals surface area contributed by atoms with Gasteiger partial charge in [0, 0.05) is 24.5 Å². The van der Waals surface area contributed by atoms with Crippen LogP contribution < -0.4 is 14.4 Å². The average Bonchev–Trinajstić information content (AvgIpc) is 2.89. The van der Waals surface area contributed by atoms with Gasteiger partial charge in [0.15, 0.2) is 0 Å². The number of nitrogens with zero attached hydrogens (tertiary/aromatic N) is 2. The molecule has 3 rings (SSSR count). The molecule has 0 saturated carbocycles. The fraction of sp³-hybridized carbons (Fsp3) is 0.286. The third-order valence-electron chi connectivity index (χ3n) is 5.88. The summed E-state index contributed by atoms with van der Waals surface area (Å²) in [5, 5.41) is 3.16. The van der Waals surface area contributed by atoms with Crippen LogP contribution in [0.4, 0.5) is 5.69 Å². The van der Waals surface area contributed by atoms with Crippen molar-refractivity contribution in [3.8, 4) is 5.75 Å². The number of carbonyl (C=O) groups is 2. The van der Waals surface area contributed by atoms with E-state index in [9.17, 15) is 18.0 Å². The molecule has 8 nitrogen and oxygen atoms in total. The molecule has 1 atom stereocenters. The normalized spacial score (nSPS) is 11.9. The van der Waals surface area contributed by atoms with Crippen molar-refractivity contribution in [1.29, 1.82) is 0 Å². The zero-order valence-electron chi connectivity index (χ0n) is 21.6. The van der Waals surface area contributed by atoms with Crippen molar-refractivity contribution in [3.63, 3.8) is 0 Å². The Labute approximate surface area is 229 Å². The van der Waals surface area contributed by atoms with Crippen molar-refractivity contribution in [2.75, 3.05) is 30.8 Å². The molecule has 38 heavy (non-hydrogen) atoms. The van der Waals surface area contributed by atoms with Gasteiger partial charge in [-0.25, -0.2) is 8.42 Å². The van der Waals surface area contributed by atoms with Crippen molar-refractivity contribution >= 4 is 39.1 Å². The van der Waals surface area contributed by atoms with Crippen molar-refractivity contribution < 1.29 is 22.7 Å². The lowest BCUT2D eigenvalue weighted by Crippen LogP contribution is -2.53. The minimum absolute atomic E-state index is 0.0673. The number of amides is 2. The van der Waals surface area contributed by atoms with E-state index in [1.165, 1.54) is 11.0 Å². The third kappa shape index (κ3) is 7.97. The maximum absolute atomic E-state index is 13.9. The summed E-state index contributed by atoms with van der Waals surface area (Å²) >= 11 is 6.11. The molecule has 0 aliphatic carbocycles. The molecule has 0 aliphatic heterocycles. The molecule has 2 amide bonds. The molecular formula is C28H32ClN3O5S. The summed E-state index contributed by atoms with van der Waals surface area (Å²) in [7, 11) is -2.31. The smallest absolute Gasteiger partial charge is 0.244 e. The van der Waals surface area contributed by atoms with E-state index in [0.717, 1.165) is 21.7 Å². The molecule has 0 aliphatic rings. The second kappa shape index (κ2) is 13.3. The zero-order chi connectivity index (χ0) is 27.7. The number of carbonyl (C=O) groups excluding carboxylic acids is 2. The fourth-order valence-corrected chi connectivity index (χ4v) is 5.08. The van der Waals surface area contributed by atoms with Crippen molar-refractivity contribution in [1.82, 2.24) is 10.2 Å². The molecule has 202 valence electrons. The SMILES string of the molecule is CCNC(=O)[C@H](Cc1ccccc1)N(Cc1cccc(OC)c1)C(=O)CN(c1cccc(Cl)c1)S(C)(=O)=O. The monoisotopic (exact) mass is 557 g/mol. The average molecular weight is 558 g/mol. The van der Waals surface area contributed by atoms with E-state index in [1.54, 1.807) is 50.4 Å². The summed E-state index contributed by atoms with van der Waals surface area (Å²) in [5.41, 5.74) is 1.85. The molecule has 0 spiro atoms. The number of nitrogens with one attached hydrogen (secondary N) is 1. The summed E-state index contributed by atoms with van der Waals surface area (Å²) in [6.07, 6.45) is 1.28. The van der Waals surface area contributed by atoms with Crippen molar-refractivity contribution in [3.05, 3.63) is 95.0 Å². The van der Waals surface area contributed by atoms with E-state index in [4.69, 9.17) is 16.3 Å². The van der Waals surface area contributed by atoms with Crippen LogP contribution in [0.25, 0.3) is 0 Å². The highest BCUT2D eigenvalue weighted by Crippen LogP contribution is 2.24. The number of anilines is 1. The van der Waals surface area contributed by atoms with E-state index < -0.39 is 28.5 Å². The molecule has 0 unspecified atom stereocenters. The van der Waals surface area contributed by atoms with E-state index >= 15 is 0 Å². The lowest BCUT2D eigenvalue weighted by molar-refractivity contribution is -0.140. The van der Waals surface area contributed by atoms with Crippen molar-refractivity contribution in [2.24, 2.45) is 0 Å². The van der Waals surface area contributed by atoms with Gasteiger partial charge in [0.25, 0.3) is 0 Å². The lowest BCUT2D eigenvalue weighted by Gasteiger charge is -2.33. The first-order chi connectivity index (χ1) is 18.1. The van der Waals surface area contributed by atoms with Gasteiger partial charge in [-0.3, -0.25) is 13.9 Å². The summed E-state index contributed by atoms with van der Waals surface area (Å²) in [6.45, 7) is 1.74. The number of rotatable bonds is 12. The molecule has 0 bridgehead atoms. The van der Waals surface area contributed by atoms with Gasteiger partial charge in [-0.05, 0) is 48.4 Å².